The van der Waals surface area contributed by atoms with Gasteiger partial charge in [0, 0.05) is 26.1 Å². The number of rotatable bonds is 2. The number of hydrogen-bond acceptors (Lipinski definition) is 2. The maximum Gasteiger partial charge on any atom is 0.219 e. The van der Waals surface area contributed by atoms with Crippen LogP contribution in [0.1, 0.15) is 33.6 Å². The molecule has 3 heteroatoms. The summed E-state index contributed by atoms with van der Waals surface area (Å²) >= 11 is 0. The number of carbonyl (C=O) groups excluding carboxylic acids is 1. The number of carbonyl (C=O) groups is 1. The van der Waals surface area contributed by atoms with Gasteiger partial charge in [-0.15, -0.1) is 0 Å². The molecule has 1 atom stereocenters. The van der Waals surface area contributed by atoms with Gasteiger partial charge in [0.2, 0.25) is 5.91 Å². The highest BCUT2D eigenvalue weighted by Crippen LogP contribution is 2.13. The van der Waals surface area contributed by atoms with E-state index in [1.807, 2.05) is 4.90 Å². The highest BCUT2D eigenvalue weighted by molar-refractivity contribution is 5.73. The molecule has 1 rings (SSSR count). The lowest BCUT2D eigenvalue weighted by molar-refractivity contribution is -0.131. The van der Waals surface area contributed by atoms with Crippen LogP contribution in [-0.4, -0.2) is 36.5 Å². The first-order chi connectivity index (χ1) is 6.61. The Balaban J connectivity index is 2.59. The van der Waals surface area contributed by atoms with E-state index in [0.717, 1.165) is 32.5 Å². The van der Waals surface area contributed by atoms with Crippen LogP contribution in [0.3, 0.4) is 0 Å². The van der Waals surface area contributed by atoms with E-state index in [-0.39, 0.29) is 5.91 Å². The minimum absolute atomic E-state index is 0.222. The van der Waals surface area contributed by atoms with Crippen LogP contribution in [-0.2, 0) is 4.79 Å². The van der Waals surface area contributed by atoms with Crippen LogP contribution in [0.25, 0.3) is 0 Å². The van der Waals surface area contributed by atoms with Crippen molar-refractivity contribution in [2.75, 3.05) is 19.6 Å². The van der Waals surface area contributed by atoms with Gasteiger partial charge in [-0.1, -0.05) is 13.8 Å². The standard InChI is InChI=1S/C11H22N2O/c1-9(2)7-11-8-12-5-4-6-13(11)10(3)14/h9,11-12H,4-8H2,1-3H3. The number of amides is 1. The largest absolute Gasteiger partial charge is 0.339 e. The maximum absolute atomic E-state index is 11.4. The first-order valence-corrected chi connectivity index (χ1v) is 5.59. The summed E-state index contributed by atoms with van der Waals surface area (Å²) in [5.74, 6) is 0.876. The average molecular weight is 198 g/mol. The van der Waals surface area contributed by atoms with Crippen molar-refractivity contribution in [3.63, 3.8) is 0 Å². The lowest BCUT2D eigenvalue weighted by Crippen LogP contribution is -2.43. The maximum atomic E-state index is 11.4. The van der Waals surface area contributed by atoms with Crippen molar-refractivity contribution in [2.24, 2.45) is 5.92 Å². The summed E-state index contributed by atoms with van der Waals surface area (Å²) in [6.07, 6.45) is 2.18. The second-order valence-electron chi connectivity index (χ2n) is 4.55. The Labute approximate surface area is 86.9 Å². The Morgan fingerprint density at radius 3 is 2.86 bits per heavy atom. The minimum atomic E-state index is 0.222. The fraction of sp³-hybridized carbons (Fsp3) is 0.909. The van der Waals surface area contributed by atoms with Gasteiger partial charge in [-0.3, -0.25) is 4.79 Å². The molecule has 0 aromatic rings. The van der Waals surface area contributed by atoms with E-state index in [9.17, 15) is 4.79 Å². The summed E-state index contributed by atoms with van der Waals surface area (Å²) in [5, 5.41) is 3.39. The summed E-state index contributed by atoms with van der Waals surface area (Å²) in [4.78, 5) is 13.5. The van der Waals surface area contributed by atoms with E-state index in [2.05, 4.69) is 19.2 Å². The third kappa shape index (κ3) is 3.29. The molecule has 0 aromatic heterocycles. The van der Waals surface area contributed by atoms with E-state index >= 15 is 0 Å². The van der Waals surface area contributed by atoms with Gasteiger partial charge in [-0.2, -0.15) is 0 Å². The molecule has 0 saturated carbocycles. The summed E-state index contributed by atoms with van der Waals surface area (Å²) in [7, 11) is 0. The lowest BCUT2D eigenvalue weighted by atomic mass is 10.0. The average Bonchev–Trinajstić information content (AvgIpc) is 2.28. The zero-order chi connectivity index (χ0) is 10.6. The first-order valence-electron chi connectivity index (χ1n) is 5.59. The number of nitrogens with zero attached hydrogens (tertiary/aromatic N) is 1. The monoisotopic (exact) mass is 198 g/mol. The van der Waals surface area contributed by atoms with Gasteiger partial charge in [-0.25, -0.2) is 0 Å². The van der Waals surface area contributed by atoms with Gasteiger partial charge in [0.05, 0.1) is 0 Å². The van der Waals surface area contributed by atoms with Gasteiger partial charge >= 0.3 is 0 Å². The third-order valence-electron chi connectivity index (χ3n) is 2.72. The molecule has 0 radical (unpaired) electrons. The van der Waals surface area contributed by atoms with E-state index in [1.54, 1.807) is 6.92 Å². The molecule has 1 unspecified atom stereocenters. The Bertz CT molecular complexity index is 192. The molecule has 1 aliphatic rings. The Morgan fingerprint density at radius 2 is 2.29 bits per heavy atom. The predicted molar refractivity (Wildman–Crippen MR) is 58.1 cm³/mol. The van der Waals surface area contributed by atoms with Crippen molar-refractivity contribution in [1.29, 1.82) is 0 Å². The van der Waals surface area contributed by atoms with Crippen LogP contribution >= 0.6 is 0 Å². The molecule has 0 aromatic carbocycles. The van der Waals surface area contributed by atoms with Crippen molar-refractivity contribution in [3.8, 4) is 0 Å². The van der Waals surface area contributed by atoms with Crippen LogP contribution in [0, 0.1) is 5.92 Å². The molecule has 1 heterocycles. The smallest absolute Gasteiger partial charge is 0.219 e. The molecule has 3 nitrogen and oxygen atoms in total. The van der Waals surface area contributed by atoms with Crippen LogP contribution in [0.15, 0.2) is 0 Å². The van der Waals surface area contributed by atoms with Gasteiger partial charge < -0.3 is 10.2 Å². The molecule has 1 N–H and O–H groups in total. The van der Waals surface area contributed by atoms with Crippen LogP contribution in [0.4, 0.5) is 0 Å². The summed E-state index contributed by atoms with van der Waals surface area (Å²) < 4.78 is 0. The predicted octanol–water partition coefficient (Wildman–Crippen LogP) is 1.24. The number of nitrogens with one attached hydrogen (secondary N) is 1. The second kappa shape index (κ2) is 5.35. The highest BCUT2D eigenvalue weighted by Gasteiger charge is 2.23. The van der Waals surface area contributed by atoms with Crippen molar-refractivity contribution < 1.29 is 4.79 Å². The van der Waals surface area contributed by atoms with Gasteiger partial charge in [0.25, 0.3) is 0 Å². The molecule has 1 saturated heterocycles. The molecule has 0 aliphatic carbocycles. The summed E-state index contributed by atoms with van der Waals surface area (Å²) in [5.41, 5.74) is 0. The second-order valence-corrected chi connectivity index (χ2v) is 4.55. The molecule has 1 fully saturated rings. The Morgan fingerprint density at radius 1 is 1.57 bits per heavy atom. The molecular formula is C11H22N2O. The highest BCUT2D eigenvalue weighted by atomic mass is 16.2. The first kappa shape index (κ1) is 11.5. The quantitative estimate of drug-likeness (QED) is 0.724. The third-order valence-corrected chi connectivity index (χ3v) is 2.72. The molecule has 0 bridgehead atoms. The minimum Gasteiger partial charge on any atom is -0.339 e. The lowest BCUT2D eigenvalue weighted by Gasteiger charge is -2.30. The molecule has 82 valence electrons. The molecule has 1 aliphatic heterocycles. The van der Waals surface area contributed by atoms with E-state index in [0.29, 0.717) is 12.0 Å². The fourth-order valence-electron chi connectivity index (χ4n) is 2.11. The van der Waals surface area contributed by atoms with Gasteiger partial charge in [0.1, 0.15) is 0 Å². The zero-order valence-electron chi connectivity index (χ0n) is 9.55. The Kier molecular flexibility index (Phi) is 4.39. The van der Waals surface area contributed by atoms with E-state index < -0.39 is 0 Å². The molecule has 14 heavy (non-hydrogen) atoms. The summed E-state index contributed by atoms with van der Waals surface area (Å²) in [6, 6.07) is 0.398. The Hall–Kier alpha value is -0.570. The molecular weight excluding hydrogens is 176 g/mol. The molecule has 0 spiro atoms. The van der Waals surface area contributed by atoms with Crippen molar-refractivity contribution >= 4 is 5.91 Å². The van der Waals surface area contributed by atoms with Gasteiger partial charge in [-0.05, 0) is 25.3 Å². The summed E-state index contributed by atoms with van der Waals surface area (Å²) in [6.45, 7) is 9.01. The molecule has 1 amide bonds. The zero-order valence-corrected chi connectivity index (χ0v) is 9.55. The van der Waals surface area contributed by atoms with E-state index in [1.165, 1.54) is 0 Å². The SMILES string of the molecule is CC(=O)N1CCCNCC1CC(C)C. The van der Waals surface area contributed by atoms with Crippen molar-refractivity contribution in [2.45, 2.75) is 39.7 Å². The topological polar surface area (TPSA) is 32.3 Å². The van der Waals surface area contributed by atoms with Crippen LogP contribution in [0.5, 0.6) is 0 Å². The fourth-order valence-corrected chi connectivity index (χ4v) is 2.11. The van der Waals surface area contributed by atoms with Crippen molar-refractivity contribution in [1.82, 2.24) is 10.2 Å². The van der Waals surface area contributed by atoms with Crippen LogP contribution < -0.4 is 5.32 Å². The van der Waals surface area contributed by atoms with Gasteiger partial charge in [0.15, 0.2) is 0 Å². The van der Waals surface area contributed by atoms with Crippen LogP contribution in [0.2, 0.25) is 0 Å². The number of hydrogen-bond donors (Lipinski definition) is 1. The normalized spacial score (nSPS) is 23.7. The van der Waals surface area contributed by atoms with Crippen molar-refractivity contribution in [3.05, 3.63) is 0 Å². The van der Waals surface area contributed by atoms with E-state index in [4.69, 9.17) is 0 Å².